The lowest BCUT2D eigenvalue weighted by molar-refractivity contribution is -0.121. The molecule has 9 heteroatoms. The zero-order valence-corrected chi connectivity index (χ0v) is 15.1. The molecular weight excluding hydrogens is 383 g/mol. The van der Waals surface area contributed by atoms with E-state index in [0.717, 1.165) is 18.5 Å². The smallest absolute Gasteiger partial charge is 0.265 e. The molecule has 0 unspecified atom stereocenters. The minimum atomic E-state index is -3.51. The van der Waals surface area contributed by atoms with Crippen LogP contribution in [0.3, 0.4) is 0 Å². The van der Waals surface area contributed by atoms with Crippen LogP contribution in [0.5, 0.6) is 5.75 Å². The lowest BCUT2D eigenvalue weighted by Gasteiger charge is -2.28. The zero-order chi connectivity index (χ0) is 19.1. The molecule has 0 saturated carbocycles. The molecule has 2 aromatic rings. The third-order valence-corrected chi connectivity index (χ3v) is 5.11. The van der Waals surface area contributed by atoms with Crippen molar-refractivity contribution in [2.45, 2.75) is 4.90 Å². The van der Waals surface area contributed by atoms with E-state index in [1.807, 2.05) is 0 Å². The summed E-state index contributed by atoms with van der Waals surface area (Å²) in [6.45, 7) is -0.246. The van der Waals surface area contributed by atoms with E-state index in [4.69, 9.17) is 22.8 Å². The Morgan fingerprint density at radius 3 is 2.77 bits per heavy atom. The quantitative estimate of drug-likeness (QED) is 0.746. The highest BCUT2D eigenvalue weighted by Gasteiger charge is 2.27. The van der Waals surface area contributed by atoms with Gasteiger partial charge in [-0.05, 0) is 12.1 Å². The number of anilines is 1. The van der Waals surface area contributed by atoms with E-state index >= 15 is 0 Å². The standard InChI is InChI=1S/C17H12ClFN2O4S/c1-3-4-21-14-6-11(13(19)7-15(14)25-9-16(21)22)17-12(18)5-10(8-20-17)26(2,23)24/h1,5-8H,4,9H2,2H3. The first-order chi connectivity index (χ1) is 12.2. The number of terminal acetylenes is 1. The van der Waals surface area contributed by atoms with Gasteiger partial charge in [0.15, 0.2) is 16.4 Å². The Bertz CT molecular complexity index is 1060. The number of hydrogen-bond acceptors (Lipinski definition) is 5. The molecule has 2 heterocycles. The van der Waals surface area contributed by atoms with E-state index in [0.29, 0.717) is 5.69 Å². The Morgan fingerprint density at radius 1 is 1.42 bits per heavy atom. The summed E-state index contributed by atoms with van der Waals surface area (Å²) in [7, 11) is -3.51. The molecule has 0 spiro atoms. The molecule has 0 saturated heterocycles. The summed E-state index contributed by atoms with van der Waals surface area (Å²) in [6, 6.07) is 3.66. The van der Waals surface area contributed by atoms with E-state index in [1.165, 1.54) is 17.0 Å². The van der Waals surface area contributed by atoms with Gasteiger partial charge in [-0.3, -0.25) is 14.7 Å². The first kappa shape index (κ1) is 18.2. The van der Waals surface area contributed by atoms with E-state index in [1.54, 1.807) is 0 Å². The molecule has 6 nitrogen and oxygen atoms in total. The third kappa shape index (κ3) is 3.23. The van der Waals surface area contributed by atoms with Gasteiger partial charge in [0.1, 0.15) is 11.6 Å². The fourth-order valence-corrected chi connectivity index (χ4v) is 3.40. The Morgan fingerprint density at radius 2 is 2.15 bits per heavy atom. The van der Waals surface area contributed by atoms with Gasteiger partial charge in [-0.25, -0.2) is 12.8 Å². The van der Waals surface area contributed by atoms with Crippen LogP contribution in [-0.4, -0.2) is 38.7 Å². The van der Waals surface area contributed by atoms with Crippen molar-refractivity contribution in [3.63, 3.8) is 0 Å². The molecule has 0 radical (unpaired) electrons. The Hall–Kier alpha value is -2.63. The predicted molar refractivity (Wildman–Crippen MR) is 94.4 cm³/mol. The molecule has 1 amide bonds. The van der Waals surface area contributed by atoms with Crippen molar-refractivity contribution in [1.29, 1.82) is 0 Å². The summed E-state index contributed by atoms with van der Waals surface area (Å²) in [5.74, 6) is 1.49. The molecule has 26 heavy (non-hydrogen) atoms. The summed E-state index contributed by atoms with van der Waals surface area (Å²) in [5, 5.41) is -0.0432. The zero-order valence-electron chi connectivity index (χ0n) is 13.5. The normalized spacial score (nSPS) is 13.8. The monoisotopic (exact) mass is 394 g/mol. The Kier molecular flexibility index (Phi) is 4.61. The molecule has 1 aliphatic rings. The van der Waals surface area contributed by atoms with Crippen LogP contribution >= 0.6 is 11.6 Å². The van der Waals surface area contributed by atoms with Gasteiger partial charge in [-0.15, -0.1) is 6.42 Å². The van der Waals surface area contributed by atoms with E-state index in [-0.39, 0.29) is 46.0 Å². The molecule has 1 aliphatic heterocycles. The molecule has 3 rings (SSSR count). The highest BCUT2D eigenvalue weighted by molar-refractivity contribution is 7.90. The number of sulfone groups is 1. The van der Waals surface area contributed by atoms with E-state index in [2.05, 4.69) is 10.9 Å². The topological polar surface area (TPSA) is 76.6 Å². The predicted octanol–water partition coefficient (Wildman–Crippen LogP) is 2.30. The van der Waals surface area contributed by atoms with Crippen LogP contribution in [0, 0.1) is 18.2 Å². The maximum atomic E-state index is 14.5. The van der Waals surface area contributed by atoms with E-state index < -0.39 is 15.7 Å². The van der Waals surface area contributed by atoms with Gasteiger partial charge in [0.25, 0.3) is 5.91 Å². The number of fused-ring (bicyclic) bond motifs is 1. The second-order valence-corrected chi connectivity index (χ2v) is 7.97. The van der Waals surface area contributed by atoms with E-state index in [9.17, 15) is 17.6 Å². The number of carbonyl (C=O) groups is 1. The summed E-state index contributed by atoms with van der Waals surface area (Å²) in [5.41, 5.74) is 0.327. The minimum Gasteiger partial charge on any atom is -0.481 e. The molecule has 0 N–H and O–H groups in total. The maximum Gasteiger partial charge on any atom is 0.265 e. The summed E-state index contributed by atoms with van der Waals surface area (Å²) in [4.78, 5) is 17.2. The Balaban J connectivity index is 2.16. The molecule has 1 aromatic heterocycles. The Labute approximate surface area is 154 Å². The second kappa shape index (κ2) is 6.59. The summed E-state index contributed by atoms with van der Waals surface area (Å²) in [6.07, 6.45) is 7.40. The fourth-order valence-electron chi connectivity index (χ4n) is 2.49. The number of benzene rings is 1. The number of carbonyl (C=O) groups excluding carboxylic acids is 1. The molecule has 0 fully saturated rings. The third-order valence-electron chi connectivity index (χ3n) is 3.74. The number of nitrogens with zero attached hydrogens (tertiary/aromatic N) is 2. The SMILES string of the molecule is C#CCN1C(=O)COc2cc(F)c(-c3ncc(S(C)(=O)=O)cc3Cl)cc21. The lowest BCUT2D eigenvalue weighted by atomic mass is 10.1. The highest BCUT2D eigenvalue weighted by atomic mass is 35.5. The first-order valence-corrected chi connectivity index (χ1v) is 9.55. The summed E-state index contributed by atoms with van der Waals surface area (Å²) >= 11 is 6.11. The van der Waals surface area contributed by atoms with Gasteiger partial charge in [-0.1, -0.05) is 17.5 Å². The van der Waals surface area contributed by atoms with Gasteiger partial charge >= 0.3 is 0 Å². The lowest BCUT2D eigenvalue weighted by Crippen LogP contribution is -2.39. The number of pyridine rings is 1. The average molecular weight is 395 g/mol. The first-order valence-electron chi connectivity index (χ1n) is 7.28. The van der Waals surface area contributed by atoms with Gasteiger partial charge in [-0.2, -0.15) is 0 Å². The molecule has 0 bridgehead atoms. The van der Waals surface area contributed by atoms with Crippen molar-refractivity contribution in [3.8, 4) is 29.4 Å². The number of aromatic nitrogens is 1. The molecular formula is C17H12ClFN2O4S. The number of rotatable bonds is 3. The van der Waals surface area contributed by atoms with Crippen molar-refractivity contribution in [2.75, 3.05) is 24.3 Å². The summed E-state index contributed by atoms with van der Waals surface area (Å²) < 4.78 is 43.0. The van der Waals surface area contributed by atoms with Crippen molar-refractivity contribution in [1.82, 2.24) is 4.98 Å². The van der Waals surface area contributed by atoms with Gasteiger partial charge in [0.05, 0.1) is 27.8 Å². The van der Waals surface area contributed by atoms with Crippen molar-refractivity contribution < 1.29 is 22.3 Å². The molecule has 134 valence electrons. The van der Waals surface area contributed by atoms with Crippen LogP contribution in [0.4, 0.5) is 10.1 Å². The highest BCUT2D eigenvalue weighted by Crippen LogP contribution is 2.39. The van der Waals surface area contributed by atoms with Gasteiger partial charge in [0.2, 0.25) is 0 Å². The largest absolute Gasteiger partial charge is 0.481 e. The second-order valence-electron chi connectivity index (χ2n) is 5.55. The van der Waals surface area contributed by atoms with Crippen LogP contribution in [0.25, 0.3) is 11.3 Å². The van der Waals surface area contributed by atoms with Crippen molar-refractivity contribution >= 4 is 33.0 Å². The molecule has 0 aliphatic carbocycles. The van der Waals surface area contributed by atoms with Crippen LogP contribution in [0.15, 0.2) is 29.3 Å². The number of hydrogen-bond donors (Lipinski definition) is 0. The van der Waals surface area contributed by atoms with Crippen LogP contribution in [0.2, 0.25) is 5.02 Å². The van der Waals surface area contributed by atoms with Crippen LogP contribution in [0.1, 0.15) is 0 Å². The average Bonchev–Trinajstić information content (AvgIpc) is 2.57. The van der Waals surface area contributed by atoms with Gasteiger partial charge in [0, 0.05) is 24.1 Å². The van der Waals surface area contributed by atoms with Crippen LogP contribution in [-0.2, 0) is 14.6 Å². The van der Waals surface area contributed by atoms with Crippen molar-refractivity contribution in [3.05, 3.63) is 35.2 Å². The maximum absolute atomic E-state index is 14.5. The minimum absolute atomic E-state index is 0.00544. The number of amides is 1. The molecule has 1 aromatic carbocycles. The number of ether oxygens (including phenoxy) is 1. The fraction of sp³-hybridized carbons (Fsp3) is 0.176. The molecule has 0 atom stereocenters. The van der Waals surface area contributed by atoms with Gasteiger partial charge < -0.3 is 4.74 Å². The van der Waals surface area contributed by atoms with Crippen molar-refractivity contribution in [2.24, 2.45) is 0 Å². The number of halogens is 2. The van der Waals surface area contributed by atoms with Crippen LogP contribution < -0.4 is 9.64 Å².